The number of benzene rings is 3. The van der Waals surface area contributed by atoms with Gasteiger partial charge in [-0.3, -0.25) is 4.79 Å². The first-order valence-corrected chi connectivity index (χ1v) is 10.7. The topological polar surface area (TPSA) is 63.9 Å². The van der Waals surface area contributed by atoms with Gasteiger partial charge < -0.3 is 4.90 Å². The van der Waals surface area contributed by atoms with E-state index in [2.05, 4.69) is 39.8 Å². The van der Waals surface area contributed by atoms with Gasteiger partial charge in [-0.2, -0.15) is 0 Å². The Balaban J connectivity index is 1.70. The zero-order valence-corrected chi connectivity index (χ0v) is 17.6. The van der Waals surface area contributed by atoms with Crippen molar-refractivity contribution in [1.82, 2.24) is 25.1 Å². The molecule has 0 aliphatic heterocycles. The lowest BCUT2D eigenvalue weighted by Gasteiger charge is -2.18. The normalized spacial score (nSPS) is 10.7. The van der Waals surface area contributed by atoms with Gasteiger partial charge in [0.15, 0.2) is 0 Å². The Bertz CT molecular complexity index is 1130. The van der Waals surface area contributed by atoms with Crippen LogP contribution in [0.25, 0.3) is 16.8 Å². The predicted molar refractivity (Wildman–Crippen MR) is 119 cm³/mol. The Morgan fingerprint density at radius 2 is 1.77 bits per heavy atom. The minimum atomic E-state index is -0.0595. The van der Waals surface area contributed by atoms with Gasteiger partial charge >= 0.3 is 0 Å². The van der Waals surface area contributed by atoms with Crippen LogP contribution in [0.1, 0.15) is 15.9 Å². The molecule has 150 valence electrons. The Morgan fingerprint density at radius 3 is 2.43 bits per heavy atom. The second kappa shape index (κ2) is 8.92. The van der Waals surface area contributed by atoms with Crippen molar-refractivity contribution in [3.05, 3.63) is 90.3 Å². The third-order valence-corrected chi connectivity index (χ3v) is 5.55. The van der Waals surface area contributed by atoms with Crippen LogP contribution in [0.4, 0.5) is 0 Å². The summed E-state index contributed by atoms with van der Waals surface area (Å²) in [7, 11) is 1.81. The van der Waals surface area contributed by atoms with Gasteiger partial charge in [0.25, 0.3) is 5.91 Å². The van der Waals surface area contributed by atoms with Crippen molar-refractivity contribution >= 4 is 17.7 Å². The molecule has 0 spiro atoms. The van der Waals surface area contributed by atoms with E-state index in [0.717, 1.165) is 22.4 Å². The van der Waals surface area contributed by atoms with E-state index >= 15 is 0 Å². The standard InChI is InChI=1S/C23H21N5OS/c1-27(15-17-6-4-3-5-7-17)23(29)20-12-19(18-8-10-22(30-2)11-9-18)13-21(14-20)28-16-24-25-26-28/h3-14,16H,15H2,1-2H3. The molecule has 0 unspecified atom stereocenters. The average molecular weight is 416 g/mol. The molecule has 4 aromatic rings. The van der Waals surface area contributed by atoms with Crippen molar-refractivity contribution < 1.29 is 4.79 Å². The monoisotopic (exact) mass is 415 g/mol. The summed E-state index contributed by atoms with van der Waals surface area (Å²) in [5.74, 6) is -0.0595. The van der Waals surface area contributed by atoms with Crippen molar-refractivity contribution in [1.29, 1.82) is 0 Å². The molecule has 0 atom stereocenters. The molecule has 1 aromatic heterocycles. The molecular weight excluding hydrogens is 394 g/mol. The number of amides is 1. The molecule has 0 saturated carbocycles. The summed E-state index contributed by atoms with van der Waals surface area (Å²) in [6, 6.07) is 23.9. The molecule has 4 rings (SSSR count). The quantitative estimate of drug-likeness (QED) is 0.439. The highest BCUT2D eigenvalue weighted by Crippen LogP contribution is 2.27. The number of rotatable bonds is 6. The molecule has 30 heavy (non-hydrogen) atoms. The van der Waals surface area contributed by atoms with Crippen LogP contribution in [0, 0.1) is 0 Å². The van der Waals surface area contributed by atoms with E-state index in [4.69, 9.17) is 0 Å². The summed E-state index contributed by atoms with van der Waals surface area (Å²) in [6.45, 7) is 0.534. The summed E-state index contributed by atoms with van der Waals surface area (Å²) < 4.78 is 1.56. The fourth-order valence-corrected chi connectivity index (χ4v) is 3.65. The number of aromatic nitrogens is 4. The van der Waals surface area contributed by atoms with Gasteiger partial charge in [0.05, 0.1) is 5.69 Å². The van der Waals surface area contributed by atoms with Crippen molar-refractivity contribution in [2.75, 3.05) is 13.3 Å². The first-order chi connectivity index (χ1) is 14.6. The molecule has 0 N–H and O–H groups in total. The minimum Gasteiger partial charge on any atom is -0.337 e. The van der Waals surface area contributed by atoms with E-state index in [-0.39, 0.29) is 5.91 Å². The smallest absolute Gasteiger partial charge is 0.253 e. The van der Waals surface area contributed by atoms with Gasteiger partial charge in [0, 0.05) is 24.1 Å². The summed E-state index contributed by atoms with van der Waals surface area (Å²) in [5.41, 5.74) is 4.38. The maximum Gasteiger partial charge on any atom is 0.253 e. The van der Waals surface area contributed by atoms with Crippen LogP contribution >= 0.6 is 11.8 Å². The summed E-state index contributed by atoms with van der Waals surface area (Å²) in [4.78, 5) is 16.1. The molecule has 6 nitrogen and oxygen atoms in total. The zero-order valence-electron chi connectivity index (χ0n) is 16.8. The SMILES string of the molecule is CSc1ccc(-c2cc(C(=O)N(C)Cc3ccccc3)cc(-n3cnnn3)c2)cc1. The predicted octanol–water partition coefficient (Wildman–Crippen LogP) is 4.32. The number of carbonyl (C=O) groups is 1. The third kappa shape index (κ3) is 4.41. The van der Waals surface area contributed by atoms with E-state index in [0.29, 0.717) is 12.1 Å². The number of thioether (sulfide) groups is 1. The Morgan fingerprint density at radius 1 is 1.00 bits per heavy atom. The average Bonchev–Trinajstić information content (AvgIpc) is 3.34. The van der Waals surface area contributed by atoms with Crippen molar-refractivity contribution in [2.45, 2.75) is 11.4 Å². The first kappa shape index (κ1) is 19.8. The van der Waals surface area contributed by atoms with Crippen LogP contribution in [-0.2, 0) is 6.54 Å². The van der Waals surface area contributed by atoms with Crippen LogP contribution in [0.3, 0.4) is 0 Å². The van der Waals surface area contributed by atoms with E-state index in [1.807, 2.05) is 61.8 Å². The fourth-order valence-electron chi connectivity index (χ4n) is 3.25. The van der Waals surface area contributed by atoms with Crippen LogP contribution in [0.15, 0.2) is 84.0 Å². The minimum absolute atomic E-state index is 0.0595. The van der Waals surface area contributed by atoms with E-state index in [9.17, 15) is 4.79 Å². The summed E-state index contributed by atoms with van der Waals surface area (Å²) >= 11 is 1.70. The van der Waals surface area contributed by atoms with E-state index in [1.165, 1.54) is 11.2 Å². The molecule has 0 bridgehead atoms. The van der Waals surface area contributed by atoms with Crippen molar-refractivity contribution in [3.8, 4) is 16.8 Å². The number of nitrogens with zero attached hydrogens (tertiary/aromatic N) is 5. The molecule has 0 fully saturated rings. The maximum atomic E-state index is 13.2. The van der Waals surface area contributed by atoms with E-state index in [1.54, 1.807) is 21.3 Å². The molecule has 7 heteroatoms. The summed E-state index contributed by atoms with van der Waals surface area (Å²) in [6.07, 6.45) is 3.57. The molecule has 3 aromatic carbocycles. The lowest BCUT2D eigenvalue weighted by Crippen LogP contribution is -2.26. The second-order valence-corrected chi connectivity index (χ2v) is 7.78. The molecule has 1 heterocycles. The zero-order chi connectivity index (χ0) is 20.9. The van der Waals surface area contributed by atoms with Gasteiger partial charge in [-0.1, -0.05) is 42.5 Å². The van der Waals surface area contributed by atoms with Gasteiger partial charge in [0.1, 0.15) is 6.33 Å². The molecular formula is C23H21N5OS. The first-order valence-electron chi connectivity index (χ1n) is 9.46. The largest absolute Gasteiger partial charge is 0.337 e. The van der Waals surface area contributed by atoms with Crippen LogP contribution in [0.2, 0.25) is 0 Å². The van der Waals surface area contributed by atoms with Gasteiger partial charge in [-0.15, -0.1) is 16.9 Å². The highest BCUT2D eigenvalue weighted by atomic mass is 32.2. The highest BCUT2D eigenvalue weighted by Gasteiger charge is 2.16. The molecule has 0 saturated heterocycles. The number of hydrogen-bond donors (Lipinski definition) is 0. The number of hydrogen-bond acceptors (Lipinski definition) is 5. The van der Waals surface area contributed by atoms with Crippen molar-refractivity contribution in [3.63, 3.8) is 0 Å². The van der Waals surface area contributed by atoms with E-state index < -0.39 is 0 Å². The second-order valence-electron chi connectivity index (χ2n) is 6.90. The lowest BCUT2D eigenvalue weighted by molar-refractivity contribution is 0.0785. The third-order valence-electron chi connectivity index (χ3n) is 4.81. The van der Waals surface area contributed by atoms with Gasteiger partial charge in [0.2, 0.25) is 0 Å². The van der Waals surface area contributed by atoms with Gasteiger partial charge in [-0.05, 0) is 63.7 Å². The number of tetrazole rings is 1. The fraction of sp³-hybridized carbons (Fsp3) is 0.130. The van der Waals surface area contributed by atoms with Crippen LogP contribution in [0.5, 0.6) is 0 Å². The Kier molecular flexibility index (Phi) is 5.90. The molecule has 0 aliphatic rings. The summed E-state index contributed by atoms with van der Waals surface area (Å²) in [5, 5.41) is 11.4. The van der Waals surface area contributed by atoms with Crippen molar-refractivity contribution in [2.24, 2.45) is 0 Å². The Hall–Kier alpha value is -3.45. The molecule has 0 aliphatic carbocycles. The Labute approximate surface area is 179 Å². The maximum absolute atomic E-state index is 13.2. The van der Waals surface area contributed by atoms with Crippen LogP contribution in [-0.4, -0.2) is 44.3 Å². The van der Waals surface area contributed by atoms with Crippen LogP contribution < -0.4 is 0 Å². The molecule has 0 radical (unpaired) electrons. The lowest BCUT2D eigenvalue weighted by atomic mass is 10.0. The highest BCUT2D eigenvalue weighted by molar-refractivity contribution is 7.98. The molecule has 1 amide bonds. The van der Waals surface area contributed by atoms with Gasteiger partial charge in [-0.25, -0.2) is 4.68 Å². The number of carbonyl (C=O) groups excluding carboxylic acids is 1.